The fourth-order valence-electron chi connectivity index (χ4n) is 2.18. The number of hydrogen-bond acceptors (Lipinski definition) is 3. The number of nitrogens with one attached hydrogen (secondary N) is 1. The number of thioether (sulfide) groups is 1. The molecule has 4 nitrogen and oxygen atoms in total. The fraction of sp³-hybridized carbons (Fsp3) is 0.462. The number of likely N-dealkylation sites (tertiary alicyclic amines) is 1. The molecule has 2 amide bonds. The minimum atomic E-state index is -2.62. The van der Waals surface area contributed by atoms with Gasteiger partial charge in [-0.05, 0) is 18.6 Å². The van der Waals surface area contributed by atoms with E-state index in [1.807, 2.05) is 0 Å². The lowest BCUT2D eigenvalue weighted by Gasteiger charge is -2.19. The van der Waals surface area contributed by atoms with E-state index < -0.39 is 5.76 Å². The minimum Gasteiger partial charge on any atom is -0.396 e. The molecule has 0 saturated carbocycles. The molecule has 2 rings (SSSR count). The molecule has 0 bridgehead atoms. The number of carbonyl (C=O) groups is 1. The lowest BCUT2D eigenvalue weighted by Crippen LogP contribution is -2.33. The molecule has 21 heavy (non-hydrogen) atoms. The van der Waals surface area contributed by atoms with Crippen LogP contribution in [-0.4, -0.2) is 41.5 Å². The third-order valence-electron chi connectivity index (χ3n) is 3.25. The van der Waals surface area contributed by atoms with Gasteiger partial charge in [0.1, 0.15) is 0 Å². The third-order valence-corrected chi connectivity index (χ3v) is 4.53. The van der Waals surface area contributed by atoms with Crippen molar-refractivity contribution in [3.05, 3.63) is 23.2 Å². The van der Waals surface area contributed by atoms with Crippen molar-refractivity contribution < 1.29 is 18.7 Å². The molecule has 0 radical (unpaired) electrons. The number of anilines is 1. The molecule has 8 heteroatoms. The summed E-state index contributed by atoms with van der Waals surface area (Å²) >= 11 is 6.21. The molecule has 0 spiro atoms. The van der Waals surface area contributed by atoms with Crippen molar-refractivity contribution in [1.29, 1.82) is 0 Å². The zero-order chi connectivity index (χ0) is 15.4. The van der Waals surface area contributed by atoms with Gasteiger partial charge in [-0.2, -0.15) is 8.78 Å². The molecule has 1 aliphatic rings. The van der Waals surface area contributed by atoms with Crippen LogP contribution in [0.3, 0.4) is 0 Å². The average molecular weight is 337 g/mol. The lowest BCUT2D eigenvalue weighted by molar-refractivity contribution is 0.208. The van der Waals surface area contributed by atoms with E-state index >= 15 is 0 Å². The van der Waals surface area contributed by atoms with E-state index in [2.05, 4.69) is 5.32 Å². The summed E-state index contributed by atoms with van der Waals surface area (Å²) in [6.45, 7) is 1.03. The van der Waals surface area contributed by atoms with E-state index in [1.54, 1.807) is 11.0 Å². The Morgan fingerprint density at radius 2 is 2.33 bits per heavy atom. The van der Waals surface area contributed by atoms with Gasteiger partial charge in [0.2, 0.25) is 0 Å². The van der Waals surface area contributed by atoms with Gasteiger partial charge in [-0.25, -0.2) is 4.79 Å². The largest absolute Gasteiger partial charge is 0.396 e. The lowest BCUT2D eigenvalue weighted by atomic mass is 10.1. The maximum Gasteiger partial charge on any atom is 0.321 e. The number of urea groups is 1. The quantitative estimate of drug-likeness (QED) is 0.827. The second kappa shape index (κ2) is 7.29. The second-order valence-corrected chi connectivity index (χ2v) is 6.12. The number of hydrogen-bond donors (Lipinski definition) is 2. The van der Waals surface area contributed by atoms with Crippen molar-refractivity contribution >= 4 is 35.1 Å². The first kappa shape index (κ1) is 16.3. The van der Waals surface area contributed by atoms with Gasteiger partial charge in [0.15, 0.2) is 0 Å². The molecule has 0 aromatic heterocycles. The molecular formula is C13H15ClF2N2O2S. The van der Waals surface area contributed by atoms with Gasteiger partial charge in [0.05, 0.1) is 15.6 Å². The Morgan fingerprint density at radius 1 is 1.57 bits per heavy atom. The highest BCUT2D eigenvalue weighted by atomic mass is 35.5. The van der Waals surface area contributed by atoms with Gasteiger partial charge in [-0.15, -0.1) is 0 Å². The van der Waals surface area contributed by atoms with Gasteiger partial charge in [-0.3, -0.25) is 0 Å². The topological polar surface area (TPSA) is 52.6 Å². The molecule has 1 heterocycles. The zero-order valence-electron chi connectivity index (χ0n) is 11.1. The van der Waals surface area contributed by atoms with E-state index in [9.17, 15) is 13.6 Å². The van der Waals surface area contributed by atoms with Crippen LogP contribution in [0, 0.1) is 5.92 Å². The smallest absolute Gasteiger partial charge is 0.321 e. The average Bonchev–Trinajstić information content (AvgIpc) is 2.91. The summed E-state index contributed by atoms with van der Waals surface area (Å²) in [6.07, 6.45) is 0.734. The summed E-state index contributed by atoms with van der Waals surface area (Å²) in [7, 11) is 0. The van der Waals surface area contributed by atoms with Crippen molar-refractivity contribution in [3.8, 4) is 0 Å². The molecule has 1 aliphatic heterocycles. The molecule has 2 N–H and O–H groups in total. The summed E-state index contributed by atoms with van der Waals surface area (Å²) in [5.74, 6) is -2.55. The molecule has 1 aromatic carbocycles. The number of rotatable bonds is 4. The highest BCUT2D eigenvalue weighted by molar-refractivity contribution is 7.99. The normalized spacial score (nSPS) is 18.3. The second-order valence-electron chi connectivity index (χ2n) is 4.71. The Balaban J connectivity index is 2.09. The standard InChI is InChI=1S/C13H15ClF2N2O2S/c14-9-2-1-3-10(11(9)21-12(15)16)17-13(20)18-5-4-8(6-18)7-19/h1-3,8,12,19H,4-7H2,(H,17,20). The predicted molar refractivity (Wildman–Crippen MR) is 79.1 cm³/mol. The number of benzene rings is 1. The number of aliphatic hydroxyl groups is 1. The molecule has 1 atom stereocenters. The van der Waals surface area contributed by atoms with Crippen LogP contribution in [0.25, 0.3) is 0 Å². The van der Waals surface area contributed by atoms with Gasteiger partial charge >= 0.3 is 6.03 Å². The van der Waals surface area contributed by atoms with E-state index in [-0.39, 0.29) is 34.2 Å². The van der Waals surface area contributed by atoms with E-state index in [0.29, 0.717) is 24.9 Å². The number of carbonyl (C=O) groups excluding carboxylic acids is 1. The number of aliphatic hydroxyl groups excluding tert-OH is 1. The fourth-order valence-corrected chi connectivity index (χ4v) is 3.09. The van der Waals surface area contributed by atoms with Gasteiger partial charge in [-0.1, -0.05) is 29.4 Å². The van der Waals surface area contributed by atoms with Gasteiger partial charge in [0, 0.05) is 25.6 Å². The molecular weight excluding hydrogens is 322 g/mol. The Bertz CT molecular complexity index is 519. The predicted octanol–water partition coefficient (Wildman–Crippen LogP) is 3.50. The van der Waals surface area contributed by atoms with Crippen LogP contribution in [0.1, 0.15) is 6.42 Å². The van der Waals surface area contributed by atoms with Crippen molar-refractivity contribution in [2.75, 3.05) is 25.0 Å². The van der Waals surface area contributed by atoms with E-state index in [0.717, 1.165) is 6.42 Å². The van der Waals surface area contributed by atoms with Crippen LogP contribution in [0.15, 0.2) is 23.1 Å². The summed E-state index contributed by atoms with van der Waals surface area (Å²) in [6, 6.07) is 4.26. The molecule has 1 aromatic rings. The Kier molecular flexibility index (Phi) is 5.66. The summed E-state index contributed by atoms with van der Waals surface area (Å²) in [5.41, 5.74) is 0.269. The first-order valence-electron chi connectivity index (χ1n) is 6.41. The van der Waals surface area contributed by atoms with Crippen LogP contribution in [-0.2, 0) is 0 Å². The number of amides is 2. The highest BCUT2D eigenvalue weighted by Crippen LogP contribution is 2.37. The Morgan fingerprint density at radius 3 is 2.95 bits per heavy atom. The van der Waals surface area contributed by atoms with Crippen molar-refractivity contribution in [2.45, 2.75) is 17.1 Å². The van der Waals surface area contributed by atoms with Gasteiger partial charge in [0.25, 0.3) is 5.76 Å². The first-order chi connectivity index (χ1) is 10.0. The van der Waals surface area contributed by atoms with E-state index in [1.165, 1.54) is 12.1 Å². The first-order valence-corrected chi connectivity index (χ1v) is 7.67. The van der Waals surface area contributed by atoms with Gasteiger partial charge < -0.3 is 15.3 Å². The van der Waals surface area contributed by atoms with Crippen LogP contribution in [0.5, 0.6) is 0 Å². The van der Waals surface area contributed by atoms with Crippen molar-refractivity contribution in [1.82, 2.24) is 4.90 Å². The molecule has 1 unspecified atom stereocenters. The number of alkyl halides is 2. The van der Waals surface area contributed by atoms with Crippen LogP contribution in [0.4, 0.5) is 19.3 Å². The number of halogens is 3. The zero-order valence-corrected chi connectivity index (χ0v) is 12.6. The van der Waals surface area contributed by atoms with Crippen LogP contribution < -0.4 is 5.32 Å². The van der Waals surface area contributed by atoms with E-state index in [4.69, 9.17) is 16.7 Å². The SMILES string of the molecule is O=C(Nc1cccc(Cl)c1SC(F)F)N1CCC(CO)C1. The van der Waals surface area contributed by atoms with Crippen LogP contribution >= 0.6 is 23.4 Å². The molecule has 1 saturated heterocycles. The molecule has 116 valence electrons. The molecule has 1 fully saturated rings. The summed E-state index contributed by atoms with van der Waals surface area (Å²) in [4.78, 5) is 13.8. The highest BCUT2D eigenvalue weighted by Gasteiger charge is 2.26. The monoisotopic (exact) mass is 336 g/mol. The maximum atomic E-state index is 12.6. The number of nitrogens with zero attached hydrogens (tertiary/aromatic N) is 1. The van der Waals surface area contributed by atoms with Crippen LogP contribution in [0.2, 0.25) is 5.02 Å². The minimum absolute atomic E-state index is 0.0351. The van der Waals surface area contributed by atoms with Crippen molar-refractivity contribution in [2.24, 2.45) is 5.92 Å². The van der Waals surface area contributed by atoms with Crippen molar-refractivity contribution in [3.63, 3.8) is 0 Å². The molecule has 0 aliphatic carbocycles. The Hall–Kier alpha value is -1.05. The third kappa shape index (κ3) is 4.21. The summed E-state index contributed by atoms with van der Waals surface area (Å²) in [5, 5.41) is 11.9. The Labute approximate surface area is 130 Å². The summed E-state index contributed by atoms with van der Waals surface area (Å²) < 4.78 is 25.1. The maximum absolute atomic E-state index is 12.6.